The number of methoxy groups -OCH3 is 1. The standard InChI is InChI=1S/C23H19N3O2S/c1-14-13-29-22(25-14)19-11-18(15-3-5-17(28-2)6-4-15)21-20-12-24-9-7-16(20)8-10-26(21)23(19)27/h3-7,9,11-13H,8,10H2,1-2H3. The normalized spacial score (nSPS) is 12.3. The van der Waals surface area contributed by atoms with Crippen molar-refractivity contribution in [2.75, 3.05) is 7.11 Å². The van der Waals surface area contributed by atoms with Gasteiger partial charge in [-0.05, 0) is 48.7 Å². The van der Waals surface area contributed by atoms with Gasteiger partial charge < -0.3 is 9.30 Å². The summed E-state index contributed by atoms with van der Waals surface area (Å²) in [7, 11) is 1.66. The van der Waals surface area contributed by atoms with Gasteiger partial charge in [-0.1, -0.05) is 12.1 Å². The lowest BCUT2D eigenvalue weighted by atomic mass is 9.92. The Morgan fingerprint density at radius 1 is 1.10 bits per heavy atom. The smallest absolute Gasteiger partial charge is 0.261 e. The van der Waals surface area contributed by atoms with E-state index in [4.69, 9.17) is 4.74 Å². The fourth-order valence-corrected chi connectivity index (χ4v) is 4.68. The number of aromatic nitrogens is 3. The average Bonchev–Trinajstić information content (AvgIpc) is 3.20. The van der Waals surface area contributed by atoms with E-state index in [-0.39, 0.29) is 5.56 Å². The maximum Gasteiger partial charge on any atom is 0.261 e. The Balaban J connectivity index is 1.83. The topological polar surface area (TPSA) is 57.0 Å². The summed E-state index contributed by atoms with van der Waals surface area (Å²) in [6.07, 6.45) is 4.49. The first kappa shape index (κ1) is 17.8. The lowest BCUT2D eigenvalue weighted by Crippen LogP contribution is -2.28. The molecule has 6 heteroatoms. The zero-order valence-electron chi connectivity index (χ0n) is 16.2. The Bertz CT molecular complexity index is 1270. The second kappa shape index (κ2) is 6.97. The van der Waals surface area contributed by atoms with E-state index in [1.54, 1.807) is 7.11 Å². The van der Waals surface area contributed by atoms with Crippen LogP contribution in [0.5, 0.6) is 5.75 Å². The second-order valence-electron chi connectivity index (χ2n) is 7.08. The van der Waals surface area contributed by atoms with Gasteiger partial charge >= 0.3 is 0 Å². The van der Waals surface area contributed by atoms with Gasteiger partial charge in [0.1, 0.15) is 10.8 Å². The van der Waals surface area contributed by atoms with E-state index in [0.717, 1.165) is 45.3 Å². The largest absolute Gasteiger partial charge is 0.497 e. The zero-order chi connectivity index (χ0) is 20.0. The summed E-state index contributed by atoms with van der Waals surface area (Å²) in [6.45, 7) is 2.59. The molecule has 0 amide bonds. The van der Waals surface area contributed by atoms with Crippen LogP contribution in [0.3, 0.4) is 0 Å². The average molecular weight is 401 g/mol. The highest BCUT2D eigenvalue weighted by Gasteiger charge is 2.24. The van der Waals surface area contributed by atoms with Gasteiger partial charge in [-0.15, -0.1) is 11.3 Å². The maximum absolute atomic E-state index is 13.4. The summed E-state index contributed by atoms with van der Waals surface area (Å²) in [4.78, 5) is 22.3. The van der Waals surface area contributed by atoms with Crippen molar-refractivity contribution in [1.82, 2.24) is 14.5 Å². The molecular weight excluding hydrogens is 382 g/mol. The highest BCUT2D eigenvalue weighted by atomic mass is 32.1. The van der Waals surface area contributed by atoms with E-state index in [1.807, 2.05) is 65.7 Å². The predicted molar refractivity (Wildman–Crippen MR) is 115 cm³/mol. The monoisotopic (exact) mass is 401 g/mol. The van der Waals surface area contributed by atoms with Crippen LogP contribution in [0.1, 0.15) is 11.3 Å². The van der Waals surface area contributed by atoms with Crippen molar-refractivity contribution in [3.05, 3.63) is 75.8 Å². The molecule has 0 aliphatic carbocycles. The number of pyridine rings is 2. The minimum atomic E-state index is 0.00103. The molecule has 1 aliphatic heterocycles. The van der Waals surface area contributed by atoms with Crippen molar-refractivity contribution in [3.8, 4) is 38.7 Å². The Kier molecular flexibility index (Phi) is 4.28. The molecule has 0 radical (unpaired) electrons. The third-order valence-electron chi connectivity index (χ3n) is 5.31. The van der Waals surface area contributed by atoms with Crippen LogP contribution >= 0.6 is 11.3 Å². The first-order valence-corrected chi connectivity index (χ1v) is 10.3. The summed E-state index contributed by atoms with van der Waals surface area (Å²) < 4.78 is 7.20. The van der Waals surface area contributed by atoms with Crippen LogP contribution in [-0.2, 0) is 13.0 Å². The van der Waals surface area contributed by atoms with Crippen molar-refractivity contribution >= 4 is 11.3 Å². The summed E-state index contributed by atoms with van der Waals surface area (Å²) in [5.41, 5.74) is 6.76. The predicted octanol–water partition coefficient (Wildman–Crippen LogP) is 4.57. The van der Waals surface area contributed by atoms with Gasteiger partial charge in [-0.25, -0.2) is 4.98 Å². The van der Waals surface area contributed by atoms with Gasteiger partial charge in [0.2, 0.25) is 0 Å². The van der Waals surface area contributed by atoms with Crippen molar-refractivity contribution in [2.45, 2.75) is 19.9 Å². The van der Waals surface area contributed by atoms with Crippen LogP contribution in [0, 0.1) is 6.92 Å². The summed E-state index contributed by atoms with van der Waals surface area (Å²) >= 11 is 1.51. The number of hydrogen-bond donors (Lipinski definition) is 0. The van der Waals surface area contributed by atoms with Gasteiger partial charge in [-0.3, -0.25) is 9.78 Å². The fourth-order valence-electron chi connectivity index (χ4n) is 3.88. The number of hydrogen-bond acceptors (Lipinski definition) is 5. The van der Waals surface area contributed by atoms with Gasteiger partial charge in [0, 0.05) is 41.1 Å². The second-order valence-corrected chi connectivity index (χ2v) is 7.94. The number of fused-ring (bicyclic) bond motifs is 3. The minimum Gasteiger partial charge on any atom is -0.497 e. The molecule has 4 heterocycles. The van der Waals surface area contributed by atoms with Crippen molar-refractivity contribution in [2.24, 2.45) is 0 Å². The molecule has 1 aromatic carbocycles. The molecular formula is C23H19N3O2S. The summed E-state index contributed by atoms with van der Waals surface area (Å²) in [5.74, 6) is 0.800. The van der Waals surface area contributed by atoms with Crippen LogP contribution in [0.2, 0.25) is 0 Å². The number of aryl methyl sites for hydroxylation is 2. The molecule has 4 aromatic rings. The van der Waals surface area contributed by atoms with E-state index >= 15 is 0 Å². The highest BCUT2D eigenvalue weighted by Crippen LogP contribution is 2.38. The van der Waals surface area contributed by atoms with Gasteiger partial charge in [0.25, 0.3) is 5.56 Å². The molecule has 5 rings (SSSR count). The Labute approximate surface area is 172 Å². The Morgan fingerprint density at radius 3 is 2.66 bits per heavy atom. The number of rotatable bonds is 3. The van der Waals surface area contributed by atoms with E-state index in [0.29, 0.717) is 12.1 Å². The Morgan fingerprint density at radius 2 is 1.93 bits per heavy atom. The SMILES string of the molecule is COc1ccc(-c2cc(-c3nc(C)cs3)c(=O)n3c2-c2cnccc2CC3)cc1. The van der Waals surface area contributed by atoms with Crippen LogP contribution in [0.4, 0.5) is 0 Å². The minimum absolute atomic E-state index is 0.00103. The van der Waals surface area contributed by atoms with Crippen LogP contribution in [0.25, 0.3) is 33.0 Å². The number of ether oxygens (including phenoxy) is 1. The molecule has 0 N–H and O–H groups in total. The van der Waals surface area contributed by atoms with E-state index in [2.05, 4.69) is 9.97 Å². The third kappa shape index (κ3) is 2.96. The van der Waals surface area contributed by atoms with Crippen LogP contribution < -0.4 is 10.3 Å². The molecule has 5 nitrogen and oxygen atoms in total. The third-order valence-corrected chi connectivity index (χ3v) is 6.30. The van der Waals surface area contributed by atoms with Crippen molar-refractivity contribution in [1.29, 1.82) is 0 Å². The number of thiazole rings is 1. The molecule has 1 aliphatic rings. The van der Waals surface area contributed by atoms with Crippen LogP contribution in [0.15, 0.2) is 59.0 Å². The number of nitrogens with zero attached hydrogens (tertiary/aromatic N) is 3. The van der Waals surface area contributed by atoms with Crippen molar-refractivity contribution < 1.29 is 4.74 Å². The van der Waals surface area contributed by atoms with Gasteiger partial charge in [0.15, 0.2) is 0 Å². The lowest BCUT2D eigenvalue weighted by Gasteiger charge is -2.25. The molecule has 0 saturated carbocycles. The number of benzene rings is 1. The van der Waals surface area contributed by atoms with E-state index < -0.39 is 0 Å². The lowest BCUT2D eigenvalue weighted by molar-refractivity contribution is 0.415. The molecule has 3 aromatic heterocycles. The van der Waals surface area contributed by atoms with Crippen molar-refractivity contribution in [3.63, 3.8) is 0 Å². The molecule has 0 bridgehead atoms. The molecule has 29 heavy (non-hydrogen) atoms. The first-order valence-electron chi connectivity index (χ1n) is 9.44. The van der Waals surface area contributed by atoms with Crippen LogP contribution in [-0.4, -0.2) is 21.6 Å². The maximum atomic E-state index is 13.4. The molecule has 0 spiro atoms. The molecule has 144 valence electrons. The fraction of sp³-hybridized carbons (Fsp3) is 0.174. The Hall–Kier alpha value is -3.25. The molecule has 0 saturated heterocycles. The van der Waals surface area contributed by atoms with Gasteiger partial charge in [0.05, 0.1) is 18.4 Å². The van der Waals surface area contributed by atoms with E-state index in [1.165, 1.54) is 16.9 Å². The first-order chi connectivity index (χ1) is 14.2. The summed E-state index contributed by atoms with van der Waals surface area (Å²) in [6, 6.07) is 12.0. The van der Waals surface area contributed by atoms with Gasteiger partial charge in [-0.2, -0.15) is 0 Å². The van der Waals surface area contributed by atoms with E-state index in [9.17, 15) is 4.79 Å². The molecule has 0 fully saturated rings. The highest BCUT2D eigenvalue weighted by molar-refractivity contribution is 7.13. The quantitative estimate of drug-likeness (QED) is 0.504. The zero-order valence-corrected chi connectivity index (χ0v) is 17.0. The summed E-state index contributed by atoms with van der Waals surface area (Å²) in [5, 5.41) is 2.74. The molecule has 0 atom stereocenters. The molecule has 0 unspecified atom stereocenters.